The SMILES string of the molecule is Nc1nc(NC(CO)CO)c2cn[nH]c2n1. The van der Waals surface area contributed by atoms with Crippen molar-refractivity contribution in [3.63, 3.8) is 0 Å². The maximum atomic E-state index is 8.96. The van der Waals surface area contributed by atoms with Crippen molar-refractivity contribution in [2.45, 2.75) is 6.04 Å². The van der Waals surface area contributed by atoms with Crippen LogP contribution < -0.4 is 11.1 Å². The van der Waals surface area contributed by atoms with Crippen LogP contribution >= 0.6 is 0 Å². The Morgan fingerprint density at radius 3 is 2.81 bits per heavy atom. The zero-order valence-corrected chi connectivity index (χ0v) is 8.38. The molecule has 86 valence electrons. The fraction of sp³-hybridized carbons (Fsp3) is 0.375. The van der Waals surface area contributed by atoms with Crippen LogP contribution in [0.15, 0.2) is 6.20 Å². The van der Waals surface area contributed by atoms with E-state index in [0.29, 0.717) is 16.9 Å². The third-order valence-corrected chi connectivity index (χ3v) is 2.11. The molecule has 2 aromatic rings. The summed E-state index contributed by atoms with van der Waals surface area (Å²) in [5, 5.41) is 27.9. The van der Waals surface area contributed by atoms with Gasteiger partial charge in [0.2, 0.25) is 5.95 Å². The predicted octanol–water partition coefficient (Wildman–Crippen LogP) is -1.30. The molecule has 0 bridgehead atoms. The molecule has 0 atom stereocenters. The molecule has 0 aromatic carbocycles. The summed E-state index contributed by atoms with van der Waals surface area (Å²) in [5.74, 6) is 0.526. The minimum absolute atomic E-state index is 0.0916. The smallest absolute Gasteiger partial charge is 0.224 e. The van der Waals surface area contributed by atoms with Gasteiger partial charge in [0.1, 0.15) is 5.82 Å². The summed E-state index contributed by atoms with van der Waals surface area (Å²) >= 11 is 0. The minimum Gasteiger partial charge on any atom is -0.394 e. The van der Waals surface area contributed by atoms with Crippen LogP contribution in [0.2, 0.25) is 0 Å². The quantitative estimate of drug-likeness (QED) is 0.436. The average Bonchev–Trinajstić information content (AvgIpc) is 2.73. The number of hydrogen-bond acceptors (Lipinski definition) is 7. The van der Waals surface area contributed by atoms with Gasteiger partial charge >= 0.3 is 0 Å². The van der Waals surface area contributed by atoms with E-state index in [1.165, 1.54) is 0 Å². The summed E-state index contributed by atoms with van der Waals surface area (Å²) in [6.45, 7) is -0.417. The fourth-order valence-electron chi connectivity index (χ4n) is 1.30. The summed E-state index contributed by atoms with van der Waals surface area (Å²) in [6.07, 6.45) is 1.54. The van der Waals surface area contributed by atoms with E-state index >= 15 is 0 Å². The van der Waals surface area contributed by atoms with Crippen LogP contribution in [0.5, 0.6) is 0 Å². The molecule has 2 heterocycles. The van der Waals surface area contributed by atoms with Crippen molar-refractivity contribution in [2.75, 3.05) is 24.3 Å². The number of H-pyrrole nitrogens is 1. The van der Waals surface area contributed by atoms with Crippen LogP contribution in [0.4, 0.5) is 11.8 Å². The summed E-state index contributed by atoms with van der Waals surface area (Å²) in [6, 6.07) is -0.493. The molecule has 6 N–H and O–H groups in total. The van der Waals surface area contributed by atoms with Crippen molar-refractivity contribution >= 4 is 22.8 Å². The molecule has 0 spiro atoms. The molecule has 0 amide bonds. The van der Waals surface area contributed by atoms with Gasteiger partial charge in [0.05, 0.1) is 30.8 Å². The first-order valence-corrected chi connectivity index (χ1v) is 4.69. The second-order valence-corrected chi connectivity index (χ2v) is 3.27. The van der Waals surface area contributed by atoms with Crippen molar-refractivity contribution in [1.82, 2.24) is 20.2 Å². The van der Waals surface area contributed by atoms with Crippen molar-refractivity contribution in [3.05, 3.63) is 6.20 Å². The van der Waals surface area contributed by atoms with Crippen molar-refractivity contribution in [2.24, 2.45) is 0 Å². The average molecular weight is 224 g/mol. The largest absolute Gasteiger partial charge is 0.394 e. The molecule has 0 aliphatic rings. The van der Waals surface area contributed by atoms with E-state index in [-0.39, 0.29) is 19.2 Å². The number of aliphatic hydroxyl groups is 2. The number of aliphatic hydroxyl groups excluding tert-OH is 2. The van der Waals surface area contributed by atoms with Crippen molar-refractivity contribution < 1.29 is 10.2 Å². The van der Waals surface area contributed by atoms with Crippen LogP contribution in [0.25, 0.3) is 11.0 Å². The van der Waals surface area contributed by atoms with Gasteiger partial charge in [-0.05, 0) is 0 Å². The zero-order valence-electron chi connectivity index (χ0n) is 8.38. The Hall–Kier alpha value is -1.93. The molecule has 0 aliphatic heterocycles. The van der Waals surface area contributed by atoms with E-state index in [4.69, 9.17) is 15.9 Å². The standard InChI is InChI=1S/C8H12N6O2/c9-8-12-6(11-4(2-15)3-16)5-1-10-14-7(5)13-8/h1,4,15-16H,2-3H2,(H4,9,10,11,12,13,14). The maximum Gasteiger partial charge on any atom is 0.224 e. The highest BCUT2D eigenvalue weighted by Crippen LogP contribution is 2.19. The van der Waals surface area contributed by atoms with E-state index < -0.39 is 6.04 Å². The molecule has 2 rings (SSSR count). The Balaban J connectivity index is 2.38. The lowest BCUT2D eigenvalue weighted by Gasteiger charge is -2.14. The molecule has 0 fully saturated rings. The molecule has 8 heteroatoms. The number of nitrogens with zero attached hydrogens (tertiary/aromatic N) is 3. The van der Waals surface area contributed by atoms with Gasteiger partial charge in [-0.1, -0.05) is 0 Å². The number of fused-ring (bicyclic) bond motifs is 1. The van der Waals surface area contributed by atoms with Crippen LogP contribution in [0, 0.1) is 0 Å². The number of anilines is 2. The highest BCUT2D eigenvalue weighted by molar-refractivity contribution is 5.86. The maximum absolute atomic E-state index is 8.96. The van der Waals surface area contributed by atoms with Gasteiger partial charge in [-0.25, -0.2) is 0 Å². The molecule has 16 heavy (non-hydrogen) atoms. The molecule has 8 nitrogen and oxygen atoms in total. The number of nitrogens with two attached hydrogens (primary N) is 1. The number of rotatable bonds is 4. The Labute approximate surface area is 90.5 Å². The van der Waals surface area contributed by atoms with E-state index in [1.54, 1.807) is 6.20 Å². The number of nitrogens with one attached hydrogen (secondary N) is 2. The molecule has 0 saturated heterocycles. The Morgan fingerprint density at radius 1 is 1.38 bits per heavy atom. The predicted molar refractivity (Wildman–Crippen MR) is 57.7 cm³/mol. The summed E-state index contributed by atoms with van der Waals surface area (Å²) in [4.78, 5) is 7.92. The molecular weight excluding hydrogens is 212 g/mol. The van der Waals surface area contributed by atoms with Gasteiger partial charge in [-0.2, -0.15) is 15.1 Å². The highest BCUT2D eigenvalue weighted by atomic mass is 16.3. The fourth-order valence-corrected chi connectivity index (χ4v) is 1.30. The highest BCUT2D eigenvalue weighted by Gasteiger charge is 2.12. The Kier molecular flexibility index (Phi) is 2.84. The molecule has 0 aliphatic carbocycles. The molecule has 0 unspecified atom stereocenters. The number of aromatic amines is 1. The first-order chi connectivity index (χ1) is 7.74. The first kappa shape index (κ1) is 10.6. The third kappa shape index (κ3) is 1.88. The monoisotopic (exact) mass is 224 g/mol. The van der Waals surface area contributed by atoms with Crippen molar-refractivity contribution in [3.8, 4) is 0 Å². The van der Waals surface area contributed by atoms with E-state index in [9.17, 15) is 0 Å². The van der Waals surface area contributed by atoms with Gasteiger partial charge in [0.15, 0.2) is 5.65 Å². The lowest BCUT2D eigenvalue weighted by molar-refractivity contribution is 0.203. The van der Waals surface area contributed by atoms with Crippen molar-refractivity contribution in [1.29, 1.82) is 0 Å². The number of aromatic nitrogens is 4. The number of hydrogen-bond donors (Lipinski definition) is 5. The Morgan fingerprint density at radius 2 is 2.12 bits per heavy atom. The van der Waals surface area contributed by atoms with Crippen LogP contribution in [-0.2, 0) is 0 Å². The summed E-state index contributed by atoms with van der Waals surface area (Å²) < 4.78 is 0. The van der Waals surface area contributed by atoms with E-state index in [2.05, 4.69) is 25.5 Å². The molecule has 0 saturated carbocycles. The third-order valence-electron chi connectivity index (χ3n) is 2.11. The van der Waals surface area contributed by atoms with Gasteiger partial charge in [-0.15, -0.1) is 0 Å². The first-order valence-electron chi connectivity index (χ1n) is 4.69. The second kappa shape index (κ2) is 4.29. The van der Waals surface area contributed by atoms with Gasteiger partial charge in [-0.3, -0.25) is 5.10 Å². The summed E-state index contributed by atoms with van der Waals surface area (Å²) in [7, 11) is 0. The summed E-state index contributed by atoms with van der Waals surface area (Å²) in [5.41, 5.74) is 6.01. The number of nitrogen functional groups attached to an aromatic ring is 1. The lowest BCUT2D eigenvalue weighted by atomic mass is 10.3. The lowest BCUT2D eigenvalue weighted by Crippen LogP contribution is -2.28. The minimum atomic E-state index is -0.493. The van der Waals surface area contributed by atoms with Crippen LogP contribution in [-0.4, -0.2) is 49.6 Å². The van der Waals surface area contributed by atoms with E-state index in [1.807, 2.05) is 0 Å². The normalized spacial score (nSPS) is 11.2. The van der Waals surface area contributed by atoms with Gasteiger partial charge in [0.25, 0.3) is 0 Å². The Bertz CT molecular complexity index is 480. The molecular formula is C8H12N6O2. The van der Waals surface area contributed by atoms with Crippen LogP contribution in [0.1, 0.15) is 0 Å². The topological polar surface area (TPSA) is 133 Å². The molecule has 2 aromatic heterocycles. The van der Waals surface area contributed by atoms with Gasteiger partial charge in [0, 0.05) is 0 Å². The zero-order chi connectivity index (χ0) is 11.5. The molecule has 0 radical (unpaired) electrons. The van der Waals surface area contributed by atoms with E-state index in [0.717, 1.165) is 0 Å². The second-order valence-electron chi connectivity index (χ2n) is 3.27. The van der Waals surface area contributed by atoms with Gasteiger partial charge < -0.3 is 21.3 Å². The van der Waals surface area contributed by atoms with Crippen LogP contribution in [0.3, 0.4) is 0 Å².